The molecule has 0 amide bonds. The molecule has 0 radical (unpaired) electrons. The standard InChI is InChI=1S/C26H23N/c1-16-13-17(2)15-19(14-16)25-24-22(11-12-27-25)26(3,4)21-10-9-18-7-5-6-8-20(18)23(21)24/h5-15H,1-4H3. The zero-order valence-corrected chi connectivity index (χ0v) is 16.3. The Kier molecular flexibility index (Phi) is 3.33. The Morgan fingerprint density at radius 2 is 1.44 bits per heavy atom. The van der Waals surface area contributed by atoms with Gasteiger partial charge in [-0.3, -0.25) is 4.98 Å². The molecule has 1 aliphatic carbocycles. The third-order valence-corrected chi connectivity index (χ3v) is 5.97. The van der Waals surface area contributed by atoms with Crippen LogP contribution in [0, 0.1) is 13.8 Å². The van der Waals surface area contributed by atoms with Gasteiger partial charge in [-0.05, 0) is 59.5 Å². The Morgan fingerprint density at radius 3 is 2.22 bits per heavy atom. The van der Waals surface area contributed by atoms with Crippen molar-refractivity contribution in [3.05, 3.63) is 89.1 Å². The van der Waals surface area contributed by atoms with Crippen molar-refractivity contribution in [2.75, 3.05) is 0 Å². The van der Waals surface area contributed by atoms with E-state index in [0.29, 0.717) is 0 Å². The van der Waals surface area contributed by atoms with E-state index in [4.69, 9.17) is 4.98 Å². The molecule has 1 heteroatoms. The molecule has 1 nitrogen and oxygen atoms in total. The minimum Gasteiger partial charge on any atom is -0.256 e. The van der Waals surface area contributed by atoms with E-state index in [1.54, 1.807) is 0 Å². The van der Waals surface area contributed by atoms with Crippen molar-refractivity contribution in [3.63, 3.8) is 0 Å². The van der Waals surface area contributed by atoms with Crippen molar-refractivity contribution in [1.29, 1.82) is 0 Å². The maximum Gasteiger partial charge on any atom is 0.0783 e. The minimum atomic E-state index is -0.0226. The Bertz CT molecular complexity index is 1190. The van der Waals surface area contributed by atoms with Crippen LogP contribution in [0.1, 0.15) is 36.1 Å². The van der Waals surface area contributed by atoms with Gasteiger partial charge in [0, 0.05) is 22.7 Å². The van der Waals surface area contributed by atoms with E-state index in [0.717, 1.165) is 5.69 Å². The summed E-state index contributed by atoms with van der Waals surface area (Å²) < 4.78 is 0. The molecule has 27 heavy (non-hydrogen) atoms. The molecular weight excluding hydrogens is 326 g/mol. The first kappa shape index (κ1) is 16.3. The number of benzene rings is 3. The first-order chi connectivity index (χ1) is 13.0. The zero-order valence-electron chi connectivity index (χ0n) is 16.3. The van der Waals surface area contributed by atoms with E-state index in [-0.39, 0.29) is 5.41 Å². The summed E-state index contributed by atoms with van der Waals surface area (Å²) in [5.41, 5.74) is 10.3. The maximum absolute atomic E-state index is 4.87. The summed E-state index contributed by atoms with van der Waals surface area (Å²) >= 11 is 0. The summed E-state index contributed by atoms with van der Waals surface area (Å²) in [5.74, 6) is 0. The Hall–Kier alpha value is -2.93. The lowest BCUT2D eigenvalue weighted by molar-refractivity contribution is 0.660. The summed E-state index contributed by atoms with van der Waals surface area (Å²) in [5, 5.41) is 2.61. The maximum atomic E-state index is 4.87. The first-order valence-electron chi connectivity index (χ1n) is 9.57. The molecule has 0 saturated carbocycles. The fourth-order valence-corrected chi connectivity index (χ4v) is 4.77. The van der Waals surface area contributed by atoms with Gasteiger partial charge >= 0.3 is 0 Å². The largest absolute Gasteiger partial charge is 0.256 e. The molecule has 0 atom stereocenters. The molecule has 0 fully saturated rings. The van der Waals surface area contributed by atoms with Gasteiger partial charge in [0.2, 0.25) is 0 Å². The molecule has 132 valence electrons. The first-order valence-corrected chi connectivity index (χ1v) is 9.57. The van der Waals surface area contributed by atoms with Gasteiger partial charge in [0.25, 0.3) is 0 Å². The quantitative estimate of drug-likeness (QED) is 0.367. The van der Waals surface area contributed by atoms with E-state index in [1.165, 1.54) is 49.7 Å². The topological polar surface area (TPSA) is 12.9 Å². The second kappa shape index (κ2) is 5.53. The molecule has 0 saturated heterocycles. The van der Waals surface area contributed by atoms with Gasteiger partial charge in [-0.25, -0.2) is 0 Å². The molecule has 0 unspecified atom stereocenters. The van der Waals surface area contributed by atoms with Gasteiger partial charge < -0.3 is 0 Å². The molecule has 1 heterocycles. The number of nitrogens with zero attached hydrogens (tertiary/aromatic N) is 1. The highest BCUT2D eigenvalue weighted by Crippen LogP contribution is 2.53. The second-order valence-electron chi connectivity index (χ2n) is 8.29. The van der Waals surface area contributed by atoms with E-state index in [1.807, 2.05) is 6.20 Å². The highest BCUT2D eigenvalue weighted by molar-refractivity contribution is 6.05. The van der Waals surface area contributed by atoms with Crippen molar-refractivity contribution >= 4 is 10.8 Å². The molecule has 0 bridgehead atoms. The summed E-state index contributed by atoms with van der Waals surface area (Å²) in [7, 11) is 0. The van der Waals surface area contributed by atoms with Gasteiger partial charge in [0.1, 0.15) is 0 Å². The lowest BCUT2D eigenvalue weighted by Gasteiger charge is -2.21. The van der Waals surface area contributed by atoms with Crippen LogP contribution in [0.2, 0.25) is 0 Å². The second-order valence-corrected chi connectivity index (χ2v) is 8.29. The normalized spacial score (nSPS) is 14.2. The van der Waals surface area contributed by atoms with Crippen LogP contribution in [0.3, 0.4) is 0 Å². The zero-order chi connectivity index (χ0) is 18.8. The molecule has 4 aromatic rings. The lowest BCUT2D eigenvalue weighted by Crippen LogP contribution is -2.15. The van der Waals surface area contributed by atoms with Crippen LogP contribution >= 0.6 is 0 Å². The number of rotatable bonds is 1. The van der Waals surface area contributed by atoms with Crippen LogP contribution in [0.15, 0.2) is 66.9 Å². The number of hydrogen-bond acceptors (Lipinski definition) is 1. The molecule has 0 N–H and O–H groups in total. The van der Waals surface area contributed by atoms with E-state index < -0.39 is 0 Å². The van der Waals surface area contributed by atoms with Crippen molar-refractivity contribution in [2.24, 2.45) is 0 Å². The fraction of sp³-hybridized carbons (Fsp3) is 0.192. The predicted octanol–water partition coefficient (Wildman–Crippen LogP) is 6.82. The number of aryl methyl sites for hydroxylation is 2. The van der Waals surface area contributed by atoms with Crippen molar-refractivity contribution < 1.29 is 0 Å². The Morgan fingerprint density at radius 1 is 0.741 bits per heavy atom. The third-order valence-electron chi connectivity index (χ3n) is 5.97. The van der Waals surface area contributed by atoms with Gasteiger partial charge in [-0.1, -0.05) is 67.4 Å². The summed E-state index contributed by atoms with van der Waals surface area (Å²) in [6.45, 7) is 8.98. The van der Waals surface area contributed by atoms with Gasteiger partial charge in [-0.15, -0.1) is 0 Å². The molecule has 1 aliphatic rings. The van der Waals surface area contributed by atoms with Crippen LogP contribution in [0.4, 0.5) is 0 Å². The Balaban J connectivity index is 1.93. The number of pyridine rings is 1. The molecule has 1 aromatic heterocycles. The number of fused-ring (bicyclic) bond motifs is 5. The molecule has 0 spiro atoms. The van der Waals surface area contributed by atoms with Crippen LogP contribution < -0.4 is 0 Å². The molecule has 0 aliphatic heterocycles. The fourth-order valence-electron chi connectivity index (χ4n) is 4.77. The van der Waals surface area contributed by atoms with Crippen LogP contribution in [-0.4, -0.2) is 4.98 Å². The number of hydrogen-bond donors (Lipinski definition) is 0. The van der Waals surface area contributed by atoms with Crippen LogP contribution in [0.5, 0.6) is 0 Å². The van der Waals surface area contributed by atoms with Gasteiger partial charge in [0.05, 0.1) is 5.69 Å². The van der Waals surface area contributed by atoms with Gasteiger partial charge in [-0.2, -0.15) is 0 Å². The number of aromatic nitrogens is 1. The van der Waals surface area contributed by atoms with E-state index in [2.05, 4.69) is 88.4 Å². The van der Waals surface area contributed by atoms with Gasteiger partial charge in [0.15, 0.2) is 0 Å². The third kappa shape index (κ3) is 2.28. The SMILES string of the molecule is Cc1cc(C)cc(-c2nccc3c2-c2c(ccc4ccccc24)C3(C)C)c1. The molecule has 5 rings (SSSR count). The smallest absolute Gasteiger partial charge is 0.0783 e. The highest BCUT2D eigenvalue weighted by atomic mass is 14.7. The molecular formula is C26H23N. The molecule has 3 aromatic carbocycles. The average Bonchev–Trinajstić information content (AvgIpc) is 2.89. The lowest BCUT2D eigenvalue weighted by atomic mass is 9.82. The highest BCUT2D eigenvalue weighted by Gasteiger charge is 2.38. The van der Waals surface area contributed by atoms with E-state index in [9.17, 15) is 0 Å². The average molecular weight is 349 g/mol. The minimum absolute atomic E-state index is 0.0226. The van der Waals surface area contributed by atoms with Crippen LogP contribution in [-0.2, 0) is 5.41 Å². The summed E-state index contributed by atoms with van der Waals surface area (Å²) in [6.07, 6.45) is 1.97. The predicted molar refractivity (Wildman–Crippen MR) is 114 cm³/mol. The Labute approximate surface area is 160 Å². The monoisotopic (exact) mass is 349 g/mol. The van der Waals surface area contributed by atoms with Crippen LogP contribution in [0.25, 0.3) is 33.2 Å². The van der Waals surface area contributed by atoms with Crippen molar-refractivity contribution in [2.45, 2.75) is 33.1 Å². The summed E-state index contributed by atoms with van der Waals surface area (Å²) in [6, 6.07) is 22.2. The van der Waals surface area contributed by atoms with Crippen molar-refractivity contribution in [1.82, 2.24) is 4.98 Å². The van der Waals surface area contributed by atoms with E-state index >= 15 is 0 Å². The summed E-state index contributed by atoms with van der Waals surface area (Å²) in [4.78, 5) is 4.87. The van der Waals surface area contributed by atoms with Crippen molar-refractivity contribution in [3.8, 4) is 22.4 Å².